The number of rotatable bonds is 8. The van der Waals surface area contributed by atoms with Crippen LogP contribution in [0.4, 0.5) is 0 Å². The van der Waals surface area contributed by atoms with Gasteiger partial charge in [-0.15, -0.1) is 0 Å². The van der Waals surface area contributed by atoms with Crippen LogP contribution in [0.3, 0.4) is 0 Å². The fourth-order valence-corrected chi connectivity index (χ4v) is 8.34. The van der Waals surface area contributed by atoms with E-state index in [9.17, 15) is 24.6 Å². The van der Waals surface area contributed by atoms with Gasteiger partial charge in [0.05, 0.1) is 5.71 Å². The van der Waals surface area contributed by atoms with E-state index in [1.807, 2.05) is 13.8 Å². The van der Waals surface area contributed by atoms with E-state index in [0.717, 1.165) is 50.7 Å². The zero-order chi connectivity index (χ0) is 27.2. The molecule has 3 N–H and O–H groups in total. The zero-order valence-corrected chi connectivity index (χ0v) is 23.0. The average molecular weight is 517 g/mol. The number of ketones is 1. The number of carbonyl (C=O) groups excluding carboxylic acids is 2. The van der Waals surface area contributed by atoms with Crippen LogP contribution >= 0.6 is 0 Å². The quantitative estimate of drug-likeness (QED) is 0.414. The molecule has 0 radical (unpaired) electrons. The maximum atomic E-state index is 12.4. The number of carboxylic acids is 1. The molecule has 8 heteroatoms. The topological polar surface area (TPSA) is 125 Å². The van der Waals surface area contributed by atoms with Crippen LogP contribution in [0.2, 0.25) is 0 Å². The molecule has 4 rings (SSSR count). The van der Waals surface area contributed by atoms with Crippen molar-refractivity contribution in [2.24, 2.45) is 39.7 Å². The predicted molar refractivity (Wildman–Crippen MR) is 140 cm³/mol. The Morgan fingerprint density at radius 2 is 1.81 bits per heavy atom. The Kier molecular flexibility index (Phi) is 7.63. The molecule has 0 bridgehead atoms. The van der Waals surface area contributed by atoms with Gasteiger partial charge in [-0.2, -0.15) is 0 Å². The Balaban J connectivity index is 1.40. The summed E-state index contributed by atoms with van der Waals surface area (Å²) in [6.07, 6.45) is 9.66. The number of Topliss-reactive ketones (excluding diaryl/α,β-unsaturated/α-hetero) is 1. The summed E-state index contributed by atoms with van der Waals surface area (Å²) in [5.41, 5.74) is 0.765. The number of fused-ring (bicyclic) bond motifs is 5. The van der Waals surface area contributed by atoms with E-state index in [4.69, 9.17) is 4.84 Å². The molecule has 37 heavy (non-hydrogen) atoms. The number of nitrogens with zero attached hydrogens (tertiary/aromatic N) is 1. The second kappa shape index (κ2) is 10.2. The van der Waals surface area contributed by atoms with Gasteiger partial charge in [-0.3, -0.25) is 9.59 Å². The number of hydrogen-bond donors (Lipinski definition) is 3. The SMILES string of the molecule is CC(=O)[C@]1(O)CC[C@@H]2[C@H]3CCC4=C/C(=N\OCC(=O)N[C@@H](CC(C)C)C(=O)O)CC[C@]4(C)[C@@H]3CC[C@]21C. The minimum Gasteiger partial charge on any atom is -0.480 e. The molecule has 0 unspecified atom stereocenters. The van der Waals surface area contributed by atoms with Gasteiger partial charge in [-0.05, 0) is 99.9 Å². The van der Waals surface area contributed by atoms with Gasteiger partial charge < -0.3 is 20.4 Å². The average Bonchev–Trinajstić information content (AvgIpc) is 3.10. The van der Waals surface area contributed by atoms with Crippen molar-refractivity contribution in [2.45, 2.75) is 104 Å². The lowest BCUT2D eigenvalue weighted by Crippen LogP contribution is -2.57. The lowest BCUT2D eigenvalue weighted by Gasteiger charge is -2.59. The summed E-state index contributed by atoms with van der Waals surface area (Å²) in [6.45, 7) is 9.58. The van der Waals surface area contributed by atoms with Gasteiger partial charge in [0.2, 0.25) is 0 Å². The molecular weight excluding hydrogens is 472 g/mol. The summed E-state index contributed by atoms with van der Waals surface area (Å²) in [4.78, 5) is 41.3. The molecule has 7 atom stereocenters. The molecule has 0 saturated heterocycles. The van der Waals surface area contributed by atoms with Crippen LogP contribution in [0.1, 0.15) is 92.4 Å². The molecule has 0 heterocycles. The molecule has 4 aliphatic rings. The predicted octanol–water partition coefficient (Wildman–Crippen LogP) is 4.26. The molecule has 206 valence electrons. The van der Waals surface area contributed by atoms with E-state index >= 15 is 0 Å². The van der Waals surface area contributed by atoms with Crippen molar-refractivity contribution in [3.63, 3.8) is 0 Å². The Labute approximate surface area is 220 Å². The summed E-state index contributed by atoms with van der Waals surface area (Å²) < 4.78 is 0. The minimum atomic E-state index is -1.19. The number of oxime groups is 1. The van der Waals surface area contributed by atoms with Crippen molar-refractivity contribution in [1.29, 1.82) is 0 Å². The van der Waals surface area contributed by atoms with Crippen molar-refractivity contribution >= 4 is 23.4 Å². The van der Waals surface area contributed by atoms with Gasteiger partial charge in [0.25, 0.3) is 5.91 Å². The Hall–Kier alpha value is -2.22. The van der Waals surface area contributed by atoms with Gasteiger partial charge in [0.15, 0.2) is 12.4 Å². The molecule has 1 amide bonds. The van der Waals surface area contributed by atoms with Crippen LogP contribution in [0.15, 0.2) is 16.8 Å². The number of aliphatic hydroxyl groups is 1. The second-order valence-corrected chi connectivity index (χ2v) is 12.9. The first kappa shape index (κ1) is 27.8. The van der Waals surface area contributed by atoms with E-state index in [1.165, 1.54) is 5.57 Å². The van der Waals surface area contributed by atoms with E-state index < -0.39 is 23.5 Å². The van der Waals surface area contributed by atoms with Gasteiger partial charge in [-0.1, -0.05) is 38.4 Å². The van der Waals surface area contributed by atoms with Crippen LogP contribution in [0.25, 0.3) is 0 Å². The van der Waals surface area contributed by atoms with E-state index in [1.54, 1.807) is 6.92 Å². The number of amides is 1. The van der Waals surface area contributed by atoms with Crippen molar-refractivity contribution < 1.29 is 29.4 Å². The van der Waals surface area contributed by atoms with Gasteiger partial charge >= 0.3 is 5.97 Å². The van der Waals surface area contributed by atoms with E-state index in [2.05, 4.69) is 30.4 Å². The molecule has 0 aromatic rings. The normalized spacial score (nSPS) is 38.7. The van der Waals surface area contributed by atoms with Gasteiger partial charge in [-0.25, -0.2) is 4.79 Å². The third kappa shape index (κ3) is 4.86. The third-order valence-electron chi connectivity index (χ3n) is 10.4. The van der Waals surface area contributed by atoms with Crippen molar-refractivity contribution in [3.05, 3.63) is 11.6 Å². The first-order chi connectivity index (χ1) is 17.3. The van der Waals surface area contributed by atoms with Crippen LogP contribution in [0.5, 0.6) is 0 Å². The molecule has 4 aliphatic carbocycles. The van der Waals surface area contributed by atoms with E-state index in [0.29, 0.717) is 30.6 Å². The van der Waals surface area contributed by atoms with Crippen LogP contribution in [0, 0.1) is 34.5 Å². The molecule has 0 aliphatic heterocycles. The maximum absolute atomic E-state index is 12.4. The fourth-order valence-electron chi connectivity index (χ4n) is 8.34. The zero-order valence-electron chi connectivity index (χ0n) is 23.0. The number of carbonyl (C=O) groups is 3. The molecule has 3 fully saturated rings. The van der Waals surface area contributed by atoms with Crippen molar-refractivity contribution in [1.82, 2.24) is 5.32 Å². The van der Waals surface area contributed by atoms with Crippen molar-refractivity contribution in [3.8, 4) is 0 Å². The van der Waals surface area contributed by atoms with Crippen LogP contribution < -0.4 is 5.32 Å². The smallest absolute Gasteiger partial charge is 0.326 e. The fraction of sp³-hybridized carbons (Fsp3) is 0.793. The maximum Gasteiger partial charge on any atom is 0.326 e. The molecule has 3 saturated carbocycles. The van der Waals surface area contributed by atoms with Gasteiger partial charge in [0, 0.05) is 5.41 Å². The standard InChI is InChI=1S/C29H44N2O6/c1-17(2)14-24(26(34)35)30-25(33)16-37-31-20-8-11-27(4)19(15-20)6-7-21-22(27)9-12-28(5)23(21)10-13-29(28,36)18(3)32/h15,17,21-24,36H,6-14,16H2,1-5H3,(H,30,33)(H,34,35)/b31-20-/t21-,22+,23+,24-,27-,28+,29+/m0/s1. The highest BCUT2D eigenvalue weighted by molar-refractivity contribution is 5.96. The molecule has 0 spiro atoms. The summed E-state index contributed by atoms with van der Waals surface area (Å²) in [7, 11) is 0. The summed E-state index contributed by atoms with van der Waals surface area (Å²) in [5.74, 6) is -0.0502. The second-order valence-electron chi connectivity index (χ2n) is 12.9. The highest BCUT2D eigenvalue weighted by atomic mass is 16.6. The molecular formula is C29H44N2O6. The summed E-state index contributed by atoms with van der Waals surface area (Å²) in [5, 5.41) is 27.4. The summed E-state index contributed by atoms with van der Waals surface area (Å²) in [6, 6.07) is -0.930. The van der Waals surface area contributed by atoms with Crippen LogP contribution in [-0.4, -0.2) is 51.8 Å². The lowest BCUT2D eigenvalue weighted by atomic mass is 9.46. The molecule has 0 aromatic carbocycles. The van der Waals surface area contributed by atoms with Crippen molar-refractivity contribution in [2.75, 3.05) is 6.61 Å². The third-order valence-corrected chi connectivity index (χ3v) is 10.4. The summed E-state index contributed by atoms with van der Waals surface area (Å²) >= 11 is 0. The van der Waals surface area contributed by atoms with Crippen LogP contribution in [-0.2, 0) is 19.2 Å². The number of aliphatic carboxylic acids is 1. The number of allylic oxidation sites excluding steroid dienone is 2. The highest BCUT2D eigenvalue weighted by Crippen LogP contribution is 2.67. The molecule has 0 aromatic heterocycles. The Morgan fingerprint density at radius 1 is 1.11 bits per heavy atom. The lowest BCUT2D eigenvalue weighted by molar-refractivity contribution is -0.159. The largest absolute Gasteiger partial charge is 0.480 e. The first-order valence-electron chi connectivity index (χ1n) is 14.0. The van der Waals surface area contributed by atoms with E-state index in [-0.39, 0.29) is 29.1 Å². The monoisotopic (exact) mass is 516 g/mol. The number of hydrogen-bond acceptors (Lipinski definition) is 6. The highest BCUT2D eigenvalue weighted by Gasteiger charge is 2.65. The number of carboxylic acid groups (broad SMARTS) is 1. The Bertz CT molecular complexity index is 1000. The van der Waals surface area contributed by atoms with Gasteiger partial charge in [0.1, 0.15) is 11.6 Å². The Morgan fingerprint density at radius 3 is 2.46 bits per heavy atom. The molecule has 8 nitrogen and oxygen atoms in total. The first-order valence-corrected chi connectivity index (χ1v) is 14.0. The minimum absolute atomic E-state index is 0.0725. The number of nitrogens with one attached hydrogen (secondary N) is 1.